The summed E-state index contributed by atoms with van der Waals surface area (Å²) in [4.78, 5) is 21.9. The monoisotopic (exact) mass is 502 g/mol. The molecule has 0 saturated carbocycles. The van der Waals surface area contributed by atoms with E-state index in [1.54, 1.807) is 4.68 Å². The van der Waals surface area contributed by atoms with E-state index in [0.717, 1.165) is 41.0 Å². The van der Waals surface area contributed by atoms with E-state index in [1.165, 1.54) is 11.8 Å². The first-order valence-electron chi connectivity index (χ1n) is 10.0. The maximum Gasteiger partial charge on any atom is 0.273 e. The minimum absolute atomic E-state index is 0.0620. The zero-order chi connectivity index (χ0) is 21.8. The third-order valence-corrected chi connectivity index (χ3v) is 6.25. The first kappa shape index (κ1) is 21.9. The van der Waals surface area contributed by atoms with Crippen LogP contribution in [0.2, 0.25) is 0 Å². The topological polar surface area (TPSA) is 94.8 Å². The highest BCUT2D eigenvalue weighted by atomic mass is 79.9. The number of aromatic nitrogens is 5. The van der Waals surface area contributed by atoms with Gasteiger partial charge in [0.25, 0.3) is 5.91 Å². The summed E-state index contributed by atoms with van der Waals surface area (Å²) >= 11 is 4.91. The number of thioether (sulfide) groups is 1. The maximum absolute atomic E-state index is 12.9. The van der Waals surface area contributed by atoms with Gasteiger partial charge in [-0.05, 0) is 57.0 Å². The number of hydrogen-bond donors (Lipinski definition) is 1. The molecule has 0 spiro atoms. The van der Waals surface area contributed by atoms with Crippen molar-refractivity contribution < 1.29 is 9.53 Å². The van der Waals surface area contributed by atoms with Crippen LogP contribution in [0, 0.1) is 13.8 Å². The largest absolute Gasteiger partial charge is 0.376 e. The van der Waals surface area contributed by atoms with Gasteiger partial charge in [-0.2, -0.15) is 0 Å². The molecule has 2 aromatic heterocycles. The van der Waals surface area contributed by atoms with Crippen LogP contribution < -0.4 is 5.32 Å². The van der Waals surface area contributed by atoms with Gasteiger partial charge in [-0.25, -0.2) is 14.6 Å². The highest BCUT2D eigenvalue weighted by Gasteiger charge is 2.23. The number of aryl methyl sites for hydroxylation is 2. The van der Waals surface area contributed by atoms with Crippen molar-refractivity contribution in [3.63, 3.8) is 0 Å². The Morgan fingerprint density at radius 1 is 1.26 bits per heavy atom. The first-order chi connectivity index (χ1) is 15.0. The van der Waals surface area contributed by atoms with Crippen molar-refractivity contribution in [2.24, 2.45) is 0 Å². The molecular formula is C21H23BrN6O2S. The Kier molecular flexibility index (Phi) is 6.99. The standard InChI is InChI=1S/C21H23BrN6O2S/c1-13-10-14(2)25-21(24-13)31-12-18-19(20(29)23-11-17-4-3-9-30-17)26-27-28(18)16-7-5-15(22)6-8-16/h5-8,10,17H,3-4,9,11-12H2,1-2H3,(H,23,29). The second-order valence-corrected chi connectivity index (χ2v) is 9.20. The third-order valence-electron chi connectivity index (χ3n) is 4.86. The highest BCUT2D eigenvalue weighted by Crippen LogP contribution is 2.24. The summed E-state index contributed by atoms with van der Waals surface area (Å²) < 4.78 is 8.26. The molecule has 0 bridgehead atoms. The molecule has 3 heterocycles. The Labute approximate surface area is 193 Å². The number of halogens is 1. The number of amides is 1. The van der Waals surface area contributed by atoms with E-state index in [0.29, 0.717) is 28.8 Å². The molecule has 1 aliphatic heterocycles. The van der Waals surface area contributed by atoms with Crippen molar-refractivity contribution in [1.82, 2.24) is 30.3 Å². The van der Waals surface area contributed by atoms with Crippen molar-refractivity contribution in [3.8, 4) is 5.69 Å². The number of nitrogens with one attached hydrogen (secondary N) is 1. The van der Waals surface area contributed by atoms with Gasteiger partial charge in [-0.1, -0.05) is 32.9 Å². The van der Waals surface area contributed by atoms with Gasteiger partial charge in [-0.15, -0.1) is 5.10 Å². The van der Waals surface area contributed by atoms with Gasteiger partial charge in [0.1, 0.15) is 0 Å². The van der Waals surface area contributed by atoms with Gasteiger partial charge >= 0.3 is 0 Å². The van der Waals surface area contributed by atoms with Gasteiger partial charge in [0, 0.05) is 34.8 Å². The molecule has 31 heavy (non-hydrogen) atoms. The molecule has 1 atom stereocenters. The van der Waals surface area contributed by atoms with Gasteiger partial charge < -0.3 is 10.1 Å². The van der Waals surface area contributed by atoms with Crippen molar-refractivity contribution in [3.05, 3.63) is 57.6 Å². The summed E-state index contributed by atoms with van der Waals surface area (Å²) in [5.41, 5.74) is 3.64. The van der Waals surface area contributed by atoms with Crippen LogP contribution in [0.3, 0.4) is 0 Å². The van der Waals surface area contributed by atoms with E-state index in [-0.39, 0.29) is 12.0 Å². The van der Waals surface area contributed by atoms with Crippen molar-refractivity contribution in [2.75, 3.05) is 13.2 Å². The molecule has 1 unspecified atom stereocenters. The third kappa shape index (κ3) is 5.50. The molecule has 4 rings (SSSR count). The predicted molar refractivity (Wildman–Crippen MR) is 121 cm³/mol. The number of hydrogen-bond acceptors (Lipinski definition) is 7. The minimum Gasteiger partial charge on any atom is -0.376 e. The summed E-state index contributed by atoms with van der Waals surface area (Å²) in [5, 5.41) is 12.1. The molecule has 3 aromatic rings. The number of rotatable bonds is 7. The molecule has 1 N–H and O–H groups in total. The molecule has 1 aliphatic rings. The van der Waals surface area contributed by atoms with Crippen LogP contribution in [0.25, 0.3) is 5.69 Å². The molecule has 0 aliphatic carbocycles. The normalized spacial score (nSPS) is 15.9. The van der Waals surface area contributed by atoms with Gasteiger partial charge in [-0.3, -0.25) is 4.79 Å². The molecule has 162 valence electrons. The molecule has 1 fully saturated rings. The summed E-state index contributed by atoms with van der Waals surface area (Å²) in [6.07, 6.45) is 2.04. The van der Waals surface area contributed by atoms with Crippen LogP contribution in [0.5, 0.6) is 0 Å². The molecule has 1 amide bonds. The van der Waals surface area contributed by atoms with Crippen LogP contribution in [0.1, 0.15) is 40.4 Å². The molecule has 0 radical (unpaired) electrons. The Bertz CT molecular complexity index is 1050. The fourth-order valence-corrected chi connectivity index (χ4v) is 4.59. The Morgan fingerprint density at radius 3 is 2.68 bits per heavy atom. The number of ether oxygens (including phenoxy) is 1. The lowest BCUT2D eigenvalue weighted by Gasteiger charge is -2.11. The van der Waals surface area contributed by atoms with E-state index >= 15 is 0 Å². The maximum atomic E-state index is 12.9. The average Bonchev–Trinajstić information content (AvgIpc) is 3.40. The lowest BCUT2D eigenvalue weighted by molar-refractivity contribution is 0.0853. The average molecular weight is 503 g/mol. The summed E-state index contributed by atoms with van der Waals surface area (Å²) in [7, 11) is 0. The molecular weight excluding hydrogens is 480 g/mol. The highest BCUT2D eigenvalue weighted by molar-refractivity contribution is 9.10. The molecule has 8 nitrogen and oxygen atoms in total. The Hall–Kier alpha value is -2.30. The van der Waals surface area contributed by atoms with Crippen molar-refractivity contribution in [1.29, 1.82) is 0 Å². The smallest absolute Gasteiger partial charge is 0.273 e. The van der Waals surface area contributed by atoms with Crippen LogP contribution in [-0.4, -0.2) is 50.1 Å². The van der Waals surface area contributed by atoms with Crippen LogP contribution in [-0.2, 0) is 10.5 Å². The van der Waals surface area contributed by atoms with E-state index in [1.807, 2.05) is 44.2 Å². The lowest BCUT2D eigenvalue weighted by atomic mass is 10.2. The summed E-state index contributed by atoms with van der Waals surface area (Å²) in [5.74, 6) is 0.199. The summed E-state index contributed by atoms with van der Waals surface area (Å²) in [6, 6.07) is 9.64. The number of carbonyl (C=O) groups excluding carboxylic acids is 1. The van der Waals surface area contributed by atoms with Crippen molar-refractivity contribution >= 4 is 33.6 Å². The molecule has 10 heteroatoms. The van der Waals surface area contributed by atoms with E-state index in [4.69, 9.17) is 4.74 Å². The first-order valence-corrected chi connectivity index (χ1v) is 11.8. The second kappa shape index (κ2) is 9.88. The Balaban J connectivity index is 1.59. The van der Waals surface area contributed by atoms with E-state index in [9.17, 15) is 4.79 Å². The van der Waals surface area contributed by atoms with Crippen LogP contribution >= 0.6 is 27.7 Å². The fourth-order valence-electron chi connectivity index (χ4n) is 3.38. The molecule has 1 saturated heterocycles. The van der Waals surface area contributed by atoms with Gasteiger partial charge in [0.2, 0.25) is 0 Å². The SMILES string of the molecule is Cc1cc(C)nc(SCc2c(C(=O)NCC3CCCO3)nnn2-c2ccc(Br)cc2)n1. The lowest BCUT2D eigenvalue weighted by Crippen LogP contribution is -2.32. The zero-order valence-electron chi connectivity index (χ0n) is 17.3. The van der Waals surface area contributed by atoms with Crippen LogP contribution in [0.4, 0.5) is 0 Å². The van der Waals surface area contributed by atoms with Gasteiger partial charge in [0.15, 0.2) is 10.9 Å². The fraction of sp³-hybridized carbons (Fsp3) is 0.381. The molecule has 1 aromatic carbocycles. The van der Waals surface area contributed by atoms with Gasteiger partial charge in [0.05, 0.1) is 17.5 Å². The number of nitrogens with zero attached hydrogens (tertiary/aromatic N) is 5. The predicted octanol–water partition coefficient (Wildman–Crippen LogP) is 3.64. The van der Waals surface area contributed by atoms with E-state index in [2.05, 4.69) is 41.5 Å². The minimum atomic E-state index is -0.254. The van der Waals surface area contributed by atoms with Crippen LogP contribution in [0.15, 0.2) is 40.0 Å². The Morgan fingerprint density at radius 2 is 2.00 bits per heavy atom. The zero-order valence-corrected chi connectivity index (χ0v) is 19.7. The number of benzene rings is 1. The van der Waals surface area contributed by atoms with Crippen molar-refractivity contribution in [2.45, 2.75) is 43.7 Å². The second-order valence-electron chi connectivity index (χ2n) is 7.34. The number of carbonyl (C=O) groups is 1. The van der Waals surface area contributed by atoms with E-state index < -0.39 is 0 Å². The quantitative estimate of drug-likeness (QED) is 0.389. The summed E-state index contributed by atoms with van der Waals surface area (Å²) in [6.45, 7) is 5.10.